The Morgan fingerprint density at radius 1 is 1.23 bits per heavy atom. The molecule has 5 nitrogen and oxygen atoms in total. The summed E-state index contributed by atoms with van der Waals surface area (Å²) in [4.78, 5) is 4.58. The van der Waals surface area contributed by atoms with Gasteiger partial charge in [0, 0.05) is 26.1 Å². The molecule has 0 aliphatic heterocycles. The first-order chi connectivity index (χ1) is 12.3. The lowest BCUT2D eigenvalue weighted by molar-refractivity contribution is 0.340. The minimum Gasteiger partial charge on any atom is -0.494 e. The summed E-state index contributed by atoms with van der Waals surface area (Å²) < 4.78 is 10.9. The second-order valence-corrected chi connectivity index (χ2v) is 5.49. The maximum atomic E-state index is 5.54. The van der Waals surface area contributed by atoms with Crippen molar-refractivity contribution in [1.82, 2.24) is 10.6 Å². The highest BCUT2D eigenvalue weighted by molar-refractivity contribution is 14.0. The summed E-state index contributed by atoms with van der Waals surface area (Å²) in [6.07, 6.45) is 5.18. The molecule has 0 spiro atoms. The van der Waals surface area contributed by atoms with Crippen molar-refractivity contribution < 1.29 is 9.15 Å². The molecule has 1 heterocycles. The smallest absolute Gasteiger partial charge is 0.191 e. The van der Waals surface area contributed by atoms with Crippen LogP contribution in [0.4, 0.5) is 0 Å². The SMILES string of the molecule is C=CCNC(=NCCc1ccco1)NCCc1cccc(OCC)c1.I. The van der Waals surface area contributed by atoms with Crippen LogP contribution in [-0.4, -0.2) is 32.2 Å². The van der Waals surface area contributed by atoms with Gasteiger partial charge >= 0.3 is 0 Å². The van der Waals surface area contributed by atoms with Gasteiger partial charge in [-0.15, -0.1) is 30.6 Å². The summed E-state index contributed by atoms with van der Waals surface area (Å²) in [5, 5.41) is 6.59. The number of benzene rings is 1. The number of nitrogens with one attached hydrogen (secondary N) is 2. The van der Waals surface area contributed by atoms with Crippen LogP contribution in [0.2, 0.25) is 0 Å². The van der Waals surface area contributed by atoms with Gasteiger partial charge in [0.15, 0.2) is 5.96 Å². The Hall–Kier alpha value is -1.96. The van der Waals surface area contributed by atoms with Crippen LogP contribution in [0.3, 0.4) is 0 Å². The van der Waals surface area contributed by atoms with Gasteiger partial charge in [-0.3, -0.25) is 4.99 Å². The van der Waals surface area contributed by atoms with Crippen molar-refractivity contribution in [2.75, 3.05) is 26.2 Å². The van der Waals surface area contributed by atoms with Gasteiger partial charge in [0.05, 0.1) is 12.9 Å². The topological polar surface area (TPSA) is 58.8 Å². The third-order valence-electron chi connectivity index (χ3n) is 3.54. The van der Waals surface area contributed by atoms with Crippen molar-refractivity contribution in [1.29, 1.82) is 0 Å². The second-order valence-electron chi connectivity index (χ2n) is 5.49. The summed E-state index contributed by atoms with van der Waals surface area (Å²) >= 11 is 0. The van der Waals surface area contributed by atoms with Crippen molar-refractivity contribution in [2.45, 2.75) is 19.8 Å². The molecule has 0 bridgehead atoms. The Bertz CT molecular complexity index is 657. The molecule has 0 amide bonds. The molecular weight excluding hydrogens is 441 g/mol. The summed E-state index contributed by atoms with van der Waals surface area (Å²) in [6, 6.07) is 12.0. The molecule has 1 aromatic heterocycles. The van der Waals surface area contributed by atoms with E-state index >= 15 is 0 Å². The quantitative estimate of drug-likeness (QED) is 0.241. The van der Waals surface area contributed by atoms with E-state index in [4.69, 9.17) is 9.15 Å². The van der Waals surface area contributed by atoms with Crippen LogP contribution in [0.15, 0.2) is 64.7 Å². The molecule has 0 saturated heterocycles. The fourth-order valence-corrected chi connectivity index (χ4v) is 2.36. The molecule has 0 aliphatic carbocycles. The zero-order valence-electron chi connectivity index (χ0n) is 15.2. The lowest BCUT2D eigenvalue weighted by Gasteiger charge is -2.12. The lowest BCUT2D eigenvalue weighted by atomic mass is 10.1. The van der Waals surface area contributed by atoms with Gasteiger partial charge in [0.2, 0.25) is 0 Å². The van der Waals surface area contributed by atoms with E-state index in [2.05, 4.69) is 34.3 Å². The van der Waals surface area contributed by atoms with Gasteiger partial charge in [-0.1, -0.05) is 18.2 Å². The number of ether oxygens (including phenoxy) is 1. The van der Waals surface area contributed by atoms with E-state index in [1.807, 2.05) is 37.3 Å². The Kier molecular flexibility index (Phi) is 11.3. The Morgan fingerprint density at radius 2 is 2.12 bits per heavy atom. The summed E-state index contributed by atoms with van der Waals surface area (Å²) in [5.74, 6) is 2.64. The summed E-state index contributed by atoms with van der Waals surface area (Å²) in [5.41, 5.74) is 1.23. The molecule has 2 N–H and O–H groups in total. The van der Waals surface area contributed by atoms with Gasteiger partial charge in [-0.25, -0.2) is 0 Å². The van der Waals surface area contributed by atoms with Gasteiger partial charge in [-0.05, 0) is 43.2 Å². The van der Waals surface area contributed by atoms with Gasteiger partial charge in [-0.2, -0.15) is 0 Å². The molecule has 26 heavy (non-hydrogen) atoms. The molecule has 0 saturated carbocycles. The largest absolute Gasteiger partial charge is 0.494 e. The third kappa shape index (κ3) is 8.42. The highest BCUT2D eigenvalue weighted by Crippen LogP contribution is 2.13. The lowest BCUT2D eigenvalue weighted by Crippen LogP contribution is -2.38. The fourth-order valence-electron chi connectivity index (χ4n) is 2.36. The van der Waals surface area contributed by atoms with Crippen molar-refractivity contribution in [3.05, 3.63) is 66.6 Å². The van der Waals surface area contributed by atoms with E-state index in [0.717, 1.165) is 36.9 Å². The molecule has 0 unspecified atom stereocenters. The fraction of sp³-hybridized carbons (Fsp3) is 0.350. The van der Waals surface area contributed by atoms with Crippen LogP contribution >= 0.6 is 24.0 Å². The van der Waals surface area contributed by atoms with E-state index in [9.17, 15) is 0 Å². The second kappa shape index (κ2) is 13.3. The van der Waals surface area contributed by atoms with Gasteiger partial charge < -0.3 is 19.8 Å². The number of rotatable bonds is 10. The number of nitrogens with zero attached hydrogens (tertiary/aromatic N) is 1. The van der Waals surface area contributed by atoms with Crippen LogP contribution in [0.25, 0.3) is 0 Å². The minimum absolute atomic E-state index is 0. The highest BCUT2D eigenvalue weighted by atomic mass is 127. The van der Waals surface area contributed by atoms with Crippen molar-refractivity contribution in [2.24, 2.45) is 4.99 Å². The number of furan rings is 1. The summed E-state index contributed by atoms with van der Waals surface area (Å²) in [7, 11) is 0. The maximum Gasteiger partial charge on any atom is 0.191 e. The molecule has 6 heteroatoms. The molecule has 2 aromatic rings. The standard InChI is InChI=1S/C20H27N3O2.HI/c1-3-12-21-20(23-14-11-18-9-6-15-25-18)22-13-10-17-7-5-8-19(16-17)24-4-2;/h3,5-9,15-16H,1,4,10-14H2,2H3,(H2,21,22,23);1H. The van der Waals surface area contributed by atoms with E-state index in [-0.39, 0.29) is 24.0 Å². The number of halogens is 1. The molecule has 0 aliphatic rings. The van der Waals surface area contributed by atoms with Crippen LogP contribution in [0.5, 0.6) is 5.75 Å². The minimum atomic E-state index is 0. The van der Waals surface area contributed by atoms with Crippen LogP contribution in [-0.2, 0) is 12.8 Å². The normalized spacial score (nSPS) is 10.7. The number of guanidine groups is 1. The van der Waals surface area contributed by atoms with E-state index < -0.39 is 0 Å². The first-order valence-corrected chi connectivity index (χ1v) is 8.69. The Balaban J connectivity index is 0.00000338. The maximum absolute atomic E-state index is 5.54. The van der Waals surface area contributed by atoms with Crippen LogP contribution in [0, 0.1) is 0 Å². The Morgan fingerprint density at radius 3 is 2.85 bits per heavy atom. The van der Waals surface area contributed by atoms with E-state index in [1.165, 1.54) is 5.56 Å². The molecule has 142 valence electrons. The Labute approximate surface area is 172 Å². The van der Waals surface area contributed by atoms with Crippen LogP contribution < -0.4 is 15.4 Å². The molecule has 0 radical (unpaired) electrons. The molecule has 2 rings (SSSR count). The first-order valence-electron chi connectivity index (χ1n) is 8.69. The van der Waals surface area contributed by atoms with Crippen molar-refractivity contribution in [3.63, 3.8) is 0 Å². The zero-order valence-corrected chi connectivity index (χ0v) is 17.6. The molecular formula is C20H28IN3O2. The summed E-state index contributed by atoms with van der Waals surface area (Å²) in [6.45, 7) is 8.54. The van der Waals surface area contributed by atoms with E-state index in [0.29, 0.717) is 19.7 Å². The molecule has 1 aromatic carbocycles. The highest BCUT2D eigenvalue weighted by Gasteiger charge is 2.01. The molecule has 0 fully saturated rings. The average molecular weight is 469 g/mol. The monoisotopic (exact) mass is 469 g/mol. The van der Waals surface area contributed by atoms with Crippen molar-refractivity contribution >= 4 is 29.9 Å². The van der Waals surface area contributed by atoms with Gasteiger partial charge in [0.1, 0.15) is 11.5 Å². The van der Waals surface area contributed by atoms with E-state index in [1.54, 1.807) is 6.26 Å². The number of hydrogen-bond donors (Lipinski definition) is 2. The molecule has 0 atom stereocenters. The number of hydrogen-bond acceptors (Lipinski definition) is 3. The predicted octanol–water partition coefficient (Wildman–Crippen LogP) is 3.80. The van der Waals surface area contributed by atoms with Crippen molar-refractivity contribution in [3.8, 4) is 5.75 Å². The van der Waals surface area contributed by atoms with Gasteiger partial charge in [0.25, 0.3) is 0 Å². The predicted molar refractivity (Wildman–Crippen MR) is 118 cm³/mol. The third-order valence-corrected chi connectivity index (χ3v) is 3.54. The van der Waals surface area contributed by atoms with Crippen LogP contribution in [0.1, 0.15) is 18.2 Å². The average Bonchev–Trinajstić information content (AvgIpc) is 3.13. The zero-order chi connectivity index (χ0) is 17.7. The first kappa shape index (κ1) is 22.1. The number of aliphatic imine (C=N–C) groups is 1.